The Morgan fingerprint density at radius 2 is 2.04 bits per heavy atom. The summed E-state index contributed by atoms with van der Waals surface area (Å²) in [5, 5.41) is 4.32. The fourth-order valence-corrected chi connectivity index (χ4v) is 2.79. The van der Waals surface area contributed by atoms with E-state index < -0.39 is 0 Å². The third-order valence-electron chi connectivity index (χ3n) is 4.27. The van der Waals surface area contributed by atoms with Crippen molar-refractivity contribution in [3.63, 3.8) is 0 Å². The maximum atomic E-state index is 13.1. The molecular weight excluding hydrogens is 293 g/mol. The zero-order valence-corrected chi connectivity index (χ0v) is 13.6. The van der Waals surface area contributed by atoms with Gasteiger partial charge in [0.15, 0.2) is 0 Å². The molecule has 0 N–H and O–H groups in total. The highest BCUT2D eigenvalue weighted by molar-refractivity contribution is 5.95. The van der Waals surface area contributed by atoms with E-state index in [1.165, 1.54) is 25.0 Å². The van der Waals surface area contributed by atoms with E-state index in [-0.39, 0.29) is 11.7 Å². The van der Waals surface area contributed by atoms with Crippen molar-refractivity contribution in [3.8, 4) is 5.69 Å². The second-order valence-corrected chi connectivity index (χ2v) is 6.23. The van der Waals surface area contributed by atoms with Crippen LogP contribution in [0.5, 0.6) is 0 Å². The van der Waals surface area contributed by atoms with Crippen LogP contribution in [0, 0.1) is 18.7 Å². The van der Waals surface area contributed by atoms with Crippen LogP contribution in [0.25, 0.3) is 5.69 Å². The SMILES string of the molecule is CCCN(CC1CC1)C(=O)c1cnn(-c2ccc(F)cc2)c1C. The van der Waals surface area contributed by atoms with Crippen LogP contribution in [-0.4, -0.2) is 33.7 Å². The van der Waals surface area contributed by atoms with Gasteiger partial charge in [0.1, 0.15) is 5.82 Å². The van der Waals surface area contributed by atoms with Gasteiger partial charge >= 0.3 is 0 Å². The Kier molecular flexibility index (Phi) is 4.46. The Labute approximate surface area is 135 Å². The number of carbonyl (C=O) groups is 1. The minimum absolute atomic E-state index is 0.0459. The van der Waals surface area contributed by atoms with E-state index in [9.17, 15) is 9.18 Å². The molecule has 0 saturated heterocycles. The second-order valence-electron chi connectivity index (χ2n) is 6.23. The van der Waals surface area contributed by atoms with Gasteiger partial charge in [0.25, 0.3) is 5.91 Å². The number of aromatic nitrogens is 2. The minimum Gasteiger partial charge on any atom is -0.338 e. The molecule has 2 aromatic rings. The molecule has 0 atom stereocenters. The molecule has 1 saturated carbocycles. The Morgan fingerprint density at radius 1 is 1.35 bits per heavy atom. The summed E-state index contributed by atoms with van der Waals surface area (Å²) in [7, 11) is 0. The maximum absolute atomic E-state index is 13.1. The monoisotopic (exact) mass is 315 g/mol. The molecule has 1 aliphatic carbocycles. The van der Waals surface area contributed by atoms with Crippen LogP contribution in [0.3, 0.4) is 0 Å². The van der Waals surface area contributed by atoms with Crippen LogP contribution in [-0.2, 0) is 0 Å². The zero-order chi connectivity index (χ0) is 16.4. The van der Waals surface area contributed by atoms with Crippen LogP contribution < -0.4 is 0 Å². The predicted molar refractivity (Wildman–Crippen MR) is 87.2 cm³/mol. The topological polar surface area (TPSA) is 38.1 Å². The third-order valence-corrected chi connectivity index (χ3v) is 4.27. The van der Waals surface area contributed by atoms with Crippen LogP contribution in [0.4, 0.5) is 4.39 Å². The summed E-state index contributed by atoms with van der Waals surface area (Å²) in [6, 6.07) is 6.12. The average molecular weight is 315 g/mol. The van der Waals surface area contributed by atoms with Gasteiger partial charge in [-0.3, -0.25) is 4.79 Å². The van der Waals surface area contributed by atoms with E-state index in [0.717, 1.165) is 30.9 Å². The fraction of sp³-hybridized carbons (Fsp3) is 0.444. The first kappa shape index (κ1) is 15.7. The number of benzene rings is 1. The Morgan fingerprint density at radius 3 is 2.65 bits per heavy atom. The van der Waals surface area contributed by atoms with Crippen LogP contribution in [0.1, 0.15) is 42.2 Å². The molecule has 0 unspecified atom stereocenters. The minimum atomic E-state index is -0.284. The smallest absolute Gasteiger partial charge is 0.257 e. The number of hydrogen-bond donors (Lipinski definition) is 0. The third kappa shape index (κ3) is 3.44. The van der Waals surface area contributed by atoms with Crippen LogP contribution in [0.15, 0.2) is 30.5 Å². The summed E-state index contributed by atoms with van der Waals surface area (Å²) in [4.78, 5) is 14.8. The molecule has 1 aliphatic rings. The van der Waals surface area contributed by atoms with Gasteiger partial charge < -0.3 is 4.90 Å². The highest BCUT2D eigenvalue weighted by atomic mass is 19.1. The molecule has 1 amide bonds. The number of amides is 1. The molecule has 0 bridgehead atoms. The molecular formula is C18H22FN3O. The molecule has 0 aliphatic heterocycles. The van der Waals surface area contributed by atoms with E-state index in [1.54, 1.807) is 23.0 Å². The largest absolute Gasteiger partial charge is 0.338 e. The van der Waals surface area contributed by atoms with Crippen molar-refractivity contribution in [1.82, 2.24) is 14.7 Å². The summed E-state index contributed by atoms with van der Waals surface area (Å²) < 4.78 is 14.8. The van der Waals surface area contributed by atoms with E-state index in [2.05, 4.69) is 12.0 Å². The van der Waals surface area contributed by atoms with Crippen LogP contribution in [0.2, 0.25) is 0 Å². The number of nitrogens with zero attached hydrogens (tertiary/aromatic N) is 3. The molecule has 1 fully saturated rings. The molecule has 5 heteroatoms. The van der Waals surface area contributed by atoms with Gasteiger partial charge in [0.05, 0.1) is 23.1 Å². The summed E-state index contributed by atoms with van der Waals surface area (Å²) >= 11 is 0. The number of halogens is 1. The first-order chi connectivity index (χ1) is 11.1. The molecule has 1 aromatic carbocycles. The summed E-state index contributed by atoms with van der Waals surface area (Å²) in [6.45, 7) is 5.58. The lowest BCUT2D eigenvalue weighted by Gasteiger charge is -2.21. The van der Waals surface area contributed by atoms with Crippen molar-refractivity contribution in [3.05, 3.63) is 47.5 Å². The van der Waals surface area contributed by atoms with Gasteiger partial charge in [-0.2, -0.15) is 5.10 Å². The number of carbonyl (C=O) groups excluding carboxylic acids is 1. The molecule has 122 valence electrons. The summed E-state index contributed by atoms with van der Waals surface area (Å²) in [5.74, 6) is 0.427. The van der Waals surface area contributed by atoms with Crippen molar-refractivity contribution in [2.24, 2.45) is 5.92 Å². The van der Waals surface area contributed by atoms with E-state index in [4.69, 9.17) is 0 Å². The molecule has 0 radical (unpaired) electrons. The second kappa shape index (κ2) is 6.52. The molecule has 1 heterocycles. The lowest BCUT2D eigenvalue weighted by atomic mass is 10.2. The summed E-state index contributed by atoms with van der Waals surface area (Å²) in [5.41, 5.74) is 2.18. The predicted octanol–water partition coefficient (Wildman–Crippen LogP) is 3.58. The average Bonchev–Trinajstić information content (AvgIpc) is 3.28. The van der Waals surface area contributed by atoms with Gasteiger partial charge in [0, 0.05) is 13.1 Å². The Balaban J connectivity index is 1.84. The lowest BCUT2D eigenvalue weighted by molar-refractivity contribution is 0.0747. The molecule has 3 rings (SSSR count). The van der Waals surface area contributed by atoms with Crippen molar-refractivity contribution < 1.29 is 9.18 Å². The summed E-state index contributed by atoms with van der Waals surface area (Å²) in [6.07, 6.45) is 5.02. The van der Waals surface area contributed by atoms with Gasteiger partial charge in [-0.05, 0) is 56.4 Å². The highest BCUT2D eigenvalue weighted by Gasteiger charge is 2.28. The van der Waals surface area contributed by atoms with Crippen molar-refractivity contribution in [2.75, 3.05) is 13.1 Å². The molecule has 1 aromatic heterocycles. The van der Waals surface area contributed by atoms with Gasteiger partial charge in [-0.25, -0.2) is 9.07 Å². The van der Waals surface area contributed by atoms with Crippen LogP contribution >= 0.6 is 0 Å². The number of hydrogen-bond acceptors (Lipinski definition) is 2. The first-order valence-corrected chi connectivity index (χ1v) is 8.20. The zero-order valence-electron chi connectivity index (χ0n) is 13.6. The molecule has 4 nitrogen and oxygen atoms in total. The van der Waals surface area contributed by atoms with E-state index in [0.29, 0.717) is 11.5 Å². The van der Waals surface area contributed by atoms with Crippen molar-refractivity contribution in [2.45, 2.75) is 33.1 Å². The quantitative estimate of drug-likeness (QED) is 0.817. The lowest BCUT2D eigenvalue weighted by Crippen LogP contribution is -2.33. The van der Waals surface area contributed by atoms with Gasteiger partial charge in [-0.15, -0.1) is 0 Å². The normalized spacial score (nSPS) is 14.0. The van der Waals surface area contributed by atoms with Gasteiger partial charge in [0.2, 0.25) is 0 Å². The first-order valence-electron chi connectivity index (χ1n) is 8.20. The van der Waals surface area contributed by atoms with E-state index in [1.807, 2.05) is 11.8 Å². The standard InChI is InChI=1S/C18H22FN3O/c1-3-10-21(12-14-4-5-14)18(23)17-11-20-22(13(17)2)16-8-6-15(19)7-9-16/h6-9,11,14H,3-5,10,12H2,1-2H3. The fourth-order valence-electron chi connectivity index (χ4n) is 2.79. The van der Waals surface area contributed by atoms with Gasteiger partial charge in [-0.1, -0.05) is 6.92 Å². The highest BCUT2D eigenvalue weighted by Crippen LogP contribution is 2.30. The number of rotatable bonds is 6. The van der Waals surface area contributed by atoms with Crippen molar-refractivity contribution >= 4 is 5.91 Å². The molecule has 0 spiro atoms. The maximum Gasteiger partial charge on any atom is 0.257 e. The Hall–Kier alpha value is -2.17. The molecule has 23 heavy (non-hydrogen) atoms. The Bertz CT molecular complexity index is 689. The van der Waals surface area contributed by atoms with Crippen molar-refractivity contribution in [1.29, 1.82) is 0 Å². The van der Waals surface area contributed by atoms with E-state index >= 15 is 0 Å².